The van der Waals surface area contributed by atoms with Crippen LogP contribution in [0.5, 0.6) is 0 Å². The highest BCUT2D eigenvalue weighted by Crippen LogP contribution is 2.34. The van der Waals surface area contributed by atoms with Gasteiger partial charge in [-0.05, 0) is 53.6 Å². The second kappa shape index (κ2) is 9.18. The molecule has 0 unspecified atom stereocenters. The van der Waals surface area contributed by atoms with Crippen LogP contribution in [0.3, 0.4) is 0 Å². The van der Waals surface area contributed by atoms with Gasteiger partial charge < -0.3 is 10.2 Å². The first-order valence-corrected chi connectivity index (χ1v) is 12.2. The molecule has 0 radical (unpaired) electrons. The SMILES string of the molecule is O=C1CC[C@@](CCC(=O)N2CC[C@H](c3ccccc3Cl)C2)(Cc2ccc3ccccc3c2)N1. The lowest BCUT2D eigenvalue weighted by atomic mass is 9.84. The van der Waals surface area contributed by atoms with Gasteiger partial charge in [-0.15, -0.1) is 0 Å². The highest BCUT2D eigenvalue weighted by molar-refractivity contribution is 6.31. The number of hydrogen-bond acceptors (Lipinski definition) is 2. The standard InChI is InChI=1S/C28H29ClN2O2/c29-25-8-4-3-7-24(25)23-13-16-31(19-23)27(33)12-15-28(14-11-26(32)30-28)18-20-9-10-21-5-1-2-6-22(21)17-20/h1-10,17,23H,11-16,18-19H2,(H,30,32)/t23-,28+/m0/s1. The van der Waals surface area contributed by atoms with E-state index in [-0.39, 0.29) is 17.4 Å². The smallest absolute Gasteiger partial charge is 0.222 e. The van der Waals surface area contributed by atoms with Crippen molar-refractivity contribution >= 4 is 34.2 Å². The highest BCUT2D eigenvalue weighted by Gasteiger charge is 2.39. The molecule has 2 aliphatic rings. The Bertz CT molecular complexity index is 1190. The molecule has 1 N–H and O–H groups in total. The van der Waals surface area contributed by atoms with Crippen LogP contribution >= 0.6 is 11.6 Å². The average molecular weight is 461 g/mol. The topological polar surface area (TPSA) is 49.4 Å². The molecule has 5 rings (SSSR count). The van der Waals surface area contributed by atoms with Gasteiger partial charge in [0.2, 0.25) is 11.8 Å². The Hall–Kier alpha value is -2.85. The van der Waals surface area contributed by atoms with Crippen molar-refractivity contribution < 1.29 is 9.59 Å². The van der Waals surface area contributed by atoms with E-state index in [4.69, 9.17) is 11.6 Å². The minimum absolute atomic E-state index is 0.0863. The lowest BCUT2D eigenvalue weighted by Crippen LogP contribution is -2.44. The first-order valence-electron chi connectivity index (χ1n) is 11.8. The summed E-state index contributed by atoms with van der Waals surface area (Å²) in [6.45, 7) is 1.48. The van der Waals surface area contributed by atoms with Crippen LogP contribution in [0.25, 0.3) is 10.8 Å². The van der Waals surface area contributed by atoms with E-state index in [2.05, 4.69) is 41.7 Å². The Labute approximate surface area is 199 Å². The molecule has 33 heavy (non-hydrogen) atoms. The summed E-state index contributed by atoms with van der Waals surface area (Å²) in [4.78, 5) is 27.2. The summed E-state index contributed by atoms with van der Waals surface area (Å²) in [5.41, 5.74) is 1.98. The zero-order valence-corrected chi connectivity index (χ0v) is 19.5. The largest absolute Gasteiger partial charge is 0.350 e. The van der Waals surface area contributed by atoms with Gasteiger partial charge in [0, 0.05) is 42.4 Å². The Morgan fingerprint density at radius 3 is 2.64 bits per heavy atom. The Morgan fingerprint density at radius 2 is 1.85 bits per heavy atom. The normalized spacial score (nSPS) is 22.6. The summed E-state index contributed by atoms with van der Waals surface area (Å²) < 4.78 is 0. The number of nitrogens with zero attached hydrogens (tertiary/aromatic N) is 1. The Balaban J connectivity index is 1.25. The summed E-state index contributed by atoms with van der Waals surface area (Å²) in [6, 6.07) is 22.7. The van der Waals surface area contributed by atoms with Crippen molar-refractivity contribution in [1.29, 1.82) is 0 Å². The lowest BCUT2D eigenvalue weighted by Gasteiger charge is -2.30. The number of carbonyl (C=O) groups is 2. The molecule has 0 bridgehead atoms. The van der Waals surface area contributed by atoms with Crippen molar-refractivity contribution in [3.05, 3.63) is 82.9 Å². The lowest BCUT2D eigenvalue weighted by molar-refractivity contribution is -0.131. The van der Waals surface area contributed by atoms with E-state index in [0.29, 0.717) is 31.7 Å². The molecule has 3 aromatic rings. The predicted octanol–water partition coefficient (Wildman–Crippen LogP) is 5.48. The summed E-state index contributed by atoms with van der Waals surface area (Å²) in [5, 5.41) is 6.42. The van der Waals surface area contributed by atoms with E-state index in [1.54, 1.807) is 0 Å². The van der Waals surface area contributed by atoms with Crippen LogP contribution in [0.15, 0.2) is 66.7 Å². The number of halogens is 1. The van der Waals surface area contributed by atoms with Gasteiger partial charge in [-0.1, -0.05) is 72.3 Å². The Morgan fingerprint density at radius 1 is 1.06 bits per heavy atom. The molecule has 2 atom stereocenters. The summed E-state index contributed by atoms with van der Waals surface area (Å²) in [5.74, 6) is 0.548. The number of carbonyl (C=O) groups excluding carboxylic acids is 2. The monoisotopic (exact) mass is 460 g/mol. The second-order valence-corrected chi connectivity index (χ2v) is 9.94. The van der Waals surface area contributed by atoms with Crippen LogP contribution in [-0.2, 0) is 16.0 Å². The number of benzene rings is 3. The molecule has 2 fully saturated rings. The van der Waals surface area contributed by atoms with E-state index in [1.165, 1.54) is 16.3 Å². The summed E-state index contributed by atoms with van der Waals surface area (Å²) >= 11 is 6.38. The first-order chi connectivity index (χ1) is 16.0. The number of amides is 2. The van der Waals surface area contributed by atoms with Gasteiger partial charge in [0.15, 0.2) is 0 Å². The van der Waals surface area contributed by atoms with Crippen LogP contribution in [0.1, 0.15) is 49.1 Å². The average Bonchev–Trinajstić information content (AvgIpc) is 3.45. The van der Waals surface area contributed by atoms with Crippen molar-refractivity contribution in [3.63, 3.8) is 0 Å². The van der Waals surface area contributed by atoms with Gasteiger partial charge in [-0.2, -0.15) is 0 Å². The maximum Gasteiger partial charge on any atom is 0.222 e. The fourth-order valence-electron chi connectivity index (χ4n) is 5.47. The van der Waals surface area contributed by atoms with Gasteiger partial charge in [-0.3, -0.25) is 9.59 Å². The number of nitrogens with one attached hydrogen (secondary N) is 1. The third kappa shape index (κ3) is 4.77. The molecule has 0 saturated carbocycles. The minimum atomic E-state index is -0.350. The van der Waals surface area contributed by atoms with Gasteiger partial charge in [0.25, 0.3) is 0 Å². The van der Waals surface area contributed by atoms with E-state index in [0.717, 1.165) is 36.4 Å². The molecule has 2 saturated heterocycles. The molecule has 2 amide bonds. The van der Waals surface area contributed by atoms with E-state index >= 15 is 0 Å². The molecule has 4 nitrogen and oxygen atoms in total. The molecular formula is C28H29ClN2O2. The third-order valence-corrected chi connectivity index (χ3v) is 7.64. The van der Waals surface area contributed by atoms with Crippen molar-refractivity contribution in [2.75, 3.05) is 13.1 Å². The molecule has 2 heterocycles. The number of rotatable bonds is 6. The summed E-state index contributed by atoms with van der Waals surface area (Å²) in [6.07, 6.45) is 4.10. The highest BCUT2D eigenvalue weighted by atomic mass is 35.5. The van der Waals surface area contributed by atoms with Crippen molar-refractivity contribution in [2.45, 2.75) is 50.0 Å². The fourth-order valence-corrected chi connectivity index (χ4v) is 5.76. The molecule has 0 spiro atoms. The molecule has 2 aliphatic heterocycles. The van der Waals surface area contributed by atoms with Crippen LogP contribution in [0.4, 0.5) is 0 Å². The number of hydrogen-bond donors (Lipinski definition) is 1. The molecular weight excluding hydrogens is 432 g/mol. The first kappa shape index (κ1) is 22.0. The number of likely N-dealkylation sites (tertiary alicyclic amines) is 1. The molecule has 3 aromatic carbocycles. The van der Waals surface area contributed by atoms with Crippen LogP contribution in [-0.4, -0.2) is 35.3 Å². The quantitative estimate of drug-likeness (QED) is 0.529. The van der Waals surface area contributed by atoms with Crippen molar-refractivity contribution in [1.82, 2.24) is 10.2 Å². The predicted molar refractivity (Wildman–Crippen MR) is 132 cm³/mol. The van der Waals surface area contributed by atoms with Crippen LogP contribution in [0.2, 0.25) is 5.02 Å². The molecule has 170 valence electrons. The zero-order chi connectivity index (χ0) is 22.8. The fraction of sp³-hybridized carbons (Fsp3) is 0.357. The van der Waals surface area contributed by atoms with Gasteiger partial charge in [0.05, 0.1) is 0 Å². The maximum atomic E-state index is 13.1. The summed E-state index contributed by atoms with van der Waals surface area (Å²) in [7, 11) is 0. The van der Waals surface area contributed by atoms with Crippen molar-refractivity contribution in [3.8, 4) is 0 Å². The number of fused-ring (bicyclic) bond motifs is 1. The van der Waals surface area contributed by atoms with Crippen LogP contribution in [0, 0.1) is 0 Å². The molecule has 0 aliphatic carbocycles. The van der Waals surface area contributed by atoms with E-state index < -0.39 is 0 Å². The zero-order valence-electron chi connectivity index (χ0n) is 18.7. The van der Waals surface area contributed by atoms with E-state index in [9.17, 15) is 9.59 Å². The Kier molecular flexibility index (Phi) is 6.11. The van der Waals surface area contributed by atoms with Gasteiger partial charge >= 0.3 is 0 Å². The maximum absolute atomic E-state index is 13.1. The molecule has 5 heteroatoms. The minimum Gasteiger partial charge on any atom is -0.350 e. The van der Waals surface area contributed by atoms with Crippen LogP contribution < -0.4 is 5.32 Å². The second-order valence-electron chi connectivity index (χ2n) is 9.53. The van der Waals surface area contributed by atoms with Gasteiger partial charge in [-0.25, -0.2) is 0 Å². The van der Waals surface area contributed by atoms with E-state index in [1.807, 2.05) is 35.2 Å². The van der Waals surface area contributed by atoms with Gasteiger partial charge in [0.1, 0.15) is 0 Å². The van der Waals surface area contributed by atoms with Crippen molar-refractivity contribution in [2.24, 2.45) is 0 Å². The molecule has 0 aromatic heterocycles. The third-order valence-electron chi connectivity index (χ3n) is 7.30.